The van der Waals surface area contributed by atoms with Gasteiger partial charge < -0.3 is 19.9 Å². The Kier molecular flexibility index (Phi) is 11.0. The highest BCUT2D eigenvalue weighted by Crippen LogP contribution is 2.11. The predicted octanol–water partition coefficient (Wildman–Crippen LogP) is 0.953. The van der Waals surface area contributed by atoms with Gasteiger partial charge in [-0.3, -0.25) is 0 Å². The summed E-state index contributed by atoms with van der Waals surface area (Å²) >= 11 is 0. The van der Waals surface area contributed by atoms with Crippen molar-refractivity contribution < 1.29 is 19.4 Å². The molecule has 5 nitrogen and oxygen atoms in total. The molecule has 0 saturated heterocycles. The van der Waals surface area contributed by atoms with E-state index in [4.69, 9.17) is 9.47 Å². The summed E-state index contributed by atoms with van der Waals surface area (Å²) < 4.78 is 9.85. The molecule has 0 aliphatic carbocycles. The van der Waals surface area contributed by atoms with Crippen LogP contribution in [0, 0.1) is 5.92 Å². The van der Waals surface area contributed by atoms with Gasteiger partial charge in [-0.25, -0.2) is 4.79 Å². The fraction of sp³-hybridized carbons (Fsp3) is 0.923. The molecule has 2 N–H and O–H groups in total. The third-order valence-electron chi connectivity index (χ3n) is 2.89. The zero-order valence-corrected chi connectivity index (χ0v) is 11.8. The topological polar surface area (TPSA) is 67.8 Å². The first-order valence-corrected chi connectivity index (χ1v) is 6.77. The fourth-order valence-electron chi connectivity index (χ4n) is 1.75. The van der Waals surface area contributed by atoms with Crippen molar-refractivity contribution in [1.82, 2.24) is 5.32 Å². The predicted molar refractivity (Wildman–Crippen MR) is 70.4 cm³/mol. The highest BCUT2D eigenvalue weighted by atomic mass is 16.6. The van der Waals surface area contributed by atoms with Gasteiger partial charge in [0.1, 0.15) is 6.61 Å². The highest BCUT2D eigenvalue weighted by molar-refractivity contribution is 5.70. The molecule has 0 rings (SSSR count). The Hall–Kier alpha value is -0.650. The molecule has 0 aromatic carbocycles. The van der Waals surface area contributed by atoms with Crippen molar-refractivity contribution in [2.75, 3.05) is 32.9 Å². The molecule has 1 atom stereocenters. The van der Waals surface area contributed by atoms with Gasteiger partial charge >= 0.3 is 5.97 Å². The Labute approximate surface area is 110 Å². The third-order valence-corrected chi connectivity index (χ3v) is 2.89. The first kappa shape index (κ1) is 17.4. The summed E-state index contributed by atoms with van der Waals surface area (Å²) in [4.78, 5) is 10.9. The Balaban J connectivity index is 3.42. The van der Waals surface area contributed by atoms with Crippen LogP contribution < -0.4 is 5.32 Å². The monoisotopic (exact) mass is 261 g/mol. The van der Waals surface area contributed by atoms with E-state index in [0.717, 1.165) is 12.8 Å². The summed E-state index contributed by atoms with van der Waals surface area (Å²) in [5.41, 5.74) is 0. The fourth-order valence-corrected chi connectivity index (χ4v) is 1.75. The lowest BCUT2D eigenvalue weighted by atomic mass is 9.97. The third kappa shape index (κ3) is 8.44. The van der Waals surface area contributed by atoms with Crippen molar-refractivity contribution in [2.24, 2.45) is 5.92 Å². The number of carbonyl (C=O) groups excluding carboxylic acids is 1. The number of carbonyl (C=O) groups is 1. The molecular weight excluding hydrogens is 234 g/mol. The molecule has 18 heavy (non-hydrogen) atoms. The molecule has 5 heteroatoms. The number of ether oxygens (including phenoxy) is 2. The van der Waals surface area contributed by atoms with E-state index in [2.05, 4.69) is 19.2 Å². The molecule has 0 saturated carbocycles. The second kappa shape index (κ2) is 11.4. The van der Waals surface area contributed by atoms with Crippen LogP contribution >= 0.6 is 0 Å². The SMILES string of the molecule is CCOC(=O)COCCNCC(O)C(CC)CC. The normalized spacial score (nSPS) is 12.7. The van der Waals surface area contributed by atoms with Crippen LogP contribution in [0.25, 0.3) is 0 Å². The zero-order chi connectivity index (χ0) is 13.8. The maximum Gasteiger partial charge on any atom is 0.332 e. The van der Waals surface area contributed by atoms with Crippen LogP contribution in [0.5, 0.6) is 0 Å². The van der Waals surface area contributed by atoms with Gasteiger partial charge in [-0.15, -0.1) is 0 Å². The summed E-state index contributed by atoms with van der Waals surface area (Å²) in [5.74, 6) is 0.00696. The first-order chi connectivity index (χ1) is 8.65. The van der Waals surface area contributed by atoms with Crippen molar-refractivity contribution in [3.05, 3.63) is 0 Å². The molecule has 0 heterocycles. The molecule has 0 amide bonds. The lowest BCUT2D eigenvalue weighted by molar-refractivity contribution is -0.148. The van der Waals surface area contributed by atoms with Crippen LogP contribution in [0.3, 0.4) is 0 Å². The van der Waals surface area contributed by atoms with Crippen LogP contribution in [-0.2, 0) is 14.3 Å². The Morgan fingerprint density at radius 2 is 1.94 bits per heavy atom. The van der Waals surface area contributed by atoms with E-state index >= 15 is 0 Å². The molecule has 0 aromatic rings. The van der Waals surface area contributed by atoms with Gasteiger partial charge in [-0.05, 0) is 12.8 Å². The van der Waals surface area contributed by atoms with Gasteiger partial charge in [0, 0.05) is 13.1 Å². The second-order valence-electron chi connectivity index (χ2n) is 4.21. The lowest BCUT2D eigenvalue weighted by Gasteiger charge is -2.20. The van der Waals surface area contributed by atoms with E-state index < -0.39 is 0 Å². The Bertz CT molecular complexity index is 207. The van der Waals surface area contributed by atoms with Crippen LogP contribution in [0.2, 0.25) is 0 Å². The lowest BCUT2D eigenvalue weighted by Crippen LogP contribution is -2.34. The molecule has 0 bridgehead atoms. The average molecular weight is 261 g/mol. The molecular formula is C13H27NO4. The second-order valence-corrected chi connectivity index (χ2v) is 4.21. The summed E-state index contributed by atoms with van der Waals surface area (Å²) in [6.45, 7) is 7.92. The Morgan fingerprint density at radius 1 is 1.28 bits per heavy atom. The largest absolute Gasteiger partial charge is 0.464 e. The van der Waals surface area contributed by atoms with E-state index in [-0.39, 0.29) is 18.7 Å². The number of hydrogen-bond acceptors (Lipinski definition) is 5. The molecule has 0 aromatic heterocycles. The smallest absolute Gasteiger partial charge is 0.332 e. The van der Waals surface area contributed by atoms with E-state index in [9.17, 15) is 9.90 Å². The molecule has 1 unspecified atom stereocenters. The zero-order valence-electron chi connectivity index (χ0n) is 11.8. The summed E-state index contributed by atoms with van der Waals surface area (Å²) in [6, 6.07) is 0. The highest BCUT2D eigenvalue weighted by Gasteiger charge is 2.14. The van der Waals surface area contributed by atoms with Gasteiger partial charge in [-0.1, -0.05) is 26.7 Å². The first-order valence-electron chi connectivity index (χ1n) is 6.77. The molecule has 0 spiro atoms. The van der Waals surface area contributed by atoms with Crippen LogP contribution in [0.1, 0.15) is 33.6 Å². The van der Waals surface area contributed by atoms with Crippen LogP contribution in [0.15, 0.2) is 0 Å². The van der Waals surface area contributed by atoms with Gasteiger partial charge in [0.05, 0.1) is 19.3 Å². The molecule has 0 fully saturated rings. The van der Waals surface area contributed by atoms with E-state index in [1.54, 1.807) is 6.92 Å². The van der Waals surface area contributed by atoms with Crippen molar-refractivity contribution in [1.29, 1.82) is 0 Å². The minimum Gasteiger partial charge on any atom is -0.464 e. The van der Waals surface area contributed by atoms with Crippen LogP contribution in [0.4, 0.5) is 0 Å². The summed E-state index contributed by atoms with van der Waals surface area (Å²) in [5, 5.41) is 13.0. The van der Waals surface area contributed by atoms with Gasteiger partial charge in [-0.2, -0.15) is 0 Å². The number of aliphatic hydroxyl groups is 1. The van der Waals surface area contributed by atoms with Gasteiger partial charge in [0.2, 0.25) is 0 Å². The Morgan fingerprint density at radius 3 is 2.50 bits per heavy atom. The number of nitrogens with one attached hydrogen (secondary N) is 1. The number of esters is 1. The van der Waals surface area contributed by atoms with E-state index in [1.165, 1.54) is 0 Å². The molecule has 0 radical (unpaired) electrons. The number of aliphatic hydroxyl groups excluding tert-OH is 1. The standard InChI is InChI=1S/C13H27NO4/c1-4-11(5-2)12(15)9-14-7-8-17-10-13(16)18-6-3/h11-12,14-15H,4-10H2,1-3H3. The minimum atomic E-state index is -0.338. The van der Waals surface area contributed by atoms with E-state index in [0.29, 0.717) is 32.2 Å². The summed E-state index contributed by atoms with van der Waals surface area (Å²) in [7, 11) is 0. The molecule has 0 aliphatic rings. The van der Waals surface area contributed by atoms with Gasteiger partial charge in [0.15, 0.2) is 0 Å². The van der Waals surface area contributed by atoms with Crippen molar-refractivity contribution >= 4 is 5.97 Å². The average Bonchev–Trinajstić information content (AvgIpc) is 2.35. The molecule has 0 aliphatic heterocycles. The number of rotatable bonds is 11. The number of hydrogen-bond donors (Lipinski definition) is 2. The maximum atomic E-state index is 10.9. The quantitative estimate of drug-likeness (QED) is 0.428. The van der Waals surface area contributed by atoms with Gasteiger partial charge in [0.25, 0.3) is 0 Å². The molecule has 108 valence electrons. The van der Waals surface area contributed by atoms with Crippen molar-refractivity contribution in [3.8, 4) is 0 Å². The minimum absolute atomic E-state index is 0.00931. The van der Waals surface area contributed by atoms with Crippen LogP contribution in [-0.4, -0.2) is 50.1 Å². The maximum absolute atomic E-state index is 10.9. The van der Waals surface area contributed by atoms with Crippen molar-refractivity contribution in [2.45, 2.75) is 39.7 Å². The van der Waals surface area contributed by atoms with E-state index in [1.807, 2.05) is 0 Å². The van der Waals surface area contributed by atoms with Crippen molar-refractivity contribution in [3.63, 3.8) is 0 Å². The summed E-state index contributed by atoms with van der Waals surface area (Å²) in [6.07, 6.45) is 1.65.